The molecule has 2 aliphatic rings. The molecule has 0 bridgehead atoms. The third kappa shape index (κ3) is 5.19. The van der Waals surface area contributed by atoms with E-state index >= 15 is 0 Å². The van der Waals surface area contributed by atoms with E-state index in [-0.39, 0.29) is 13.1 Å². The van der Waals surface area contributed by atoms with Gasteiger partial charge >= 0.3 is 6.18 Å². The minimum absolute atomic E-state index is 0.282. The van der Waals surface area contributed by atoms with Crippen LogP contribution in [0, 0.1) is 5.92 Å². The molecule has 1 saturated heterocycles. The molecule has 2 rings (SSSR count). The summed E-state index contributed by atoms with van der Waals surface area (Å²) >= 11 is 0. The average molecular weight is 315 g/mol. The van der Waals surface area contributed by atoms with E-state index in [9.17, 15) is 21.6 Å². The van der Waals surface area contributed by atoms with Gasteiger partial charge in [-0.2, -0.15) is 30.6 Å². The molecule has 20 heavy (non-hydrogen) atoms. The van der Waals surface area contributed by atoms with Crippen molar-refractivity contribution in [3.63, 3.8) is 0 Å². The lowest BCUT2D eigenvalue weighted by Crippen LogP contribution is -2.48. The summed E-state index contributed by atoms with van der Waals surface area (Å²) in [6.45, 7) is -0.0819. The first-order chi connectivity index (χ1) is 9.26. The monoisotopic (exact) mass is 315 g/mol. The van der Waals surface area contributed by atoms with Crippen molar-refractivity contribution in [1.29, 1.82) is 0 Å². The normalized spacial score (nSPS) is 23.1. The lowest BCUT2D eigenvalue weighted by Gasteiger charge is -2.31. The number of nitrogens with zero attached hydrogens (tertiary/aromatic N) is 1. The number of rotatable bonds is 6. The van der Waals surface area contributed by atoms with E-state index in [0.717, 1.165) is 10.8 Å². The third-order valence-electron chi connectivity index (χ3n) is 3.64. The number of alkyl halides is 3. The second-order valence-corrected chi connectivity index (χ2v) is 7.22. The fourth-order valence-electron chi connectivity index (χ4n) is 2.24. The van der Waals surface area contributed by atoms with Gasteiger partial charge in [0.05, 0.1) is 0 Å². The smallest absolute Gasteiger partial charge is 0.314 e. The SMILES string of the molecule is O=S(=O)(NCC(F)(F)F)N1CCC(CNC2CC2)CC1. The molecule has 9 heteroatoms. The number of halogens is 3. The van der Waals surface area contributed by atoms with Crippen LogP contribution in [0.5, 0.6) is 0 Å². The lowest BCUT2D eigenvalue weighted by atomic mass is 9.98. The highest BCUT2D eigenvalue weighted by Gasteiger charge is 2.33. The van der Waals surface area contributed by atoms with Gasteiger partial charge in [0.2, 0.25) is 0 Å². The molecule has 2 fully saturated rings. The third-order valence-corrected chi connectivity index (χ3v) is 5.20. The molecule has 1 aliphatic carbocycles. The van der Waals surface area contributed by atoms with Crippen LogP contribution in [0.25, 0.3) is 0 Å². The van der Waals surface area contributed by atoms with Crippen LogP contribution in [0.3, 0.4) is 0 Å². The number of hydrogen-bond acceptors (Lipinski definition) is 3. The van der Waals surface area contributed by atoms with Gasteiger partial charge in [0.15, 0.2) is 0 Å². The number of piperidine rings is 1. The van der Waals surface area contributed by atoms with Crippen molar-refractivity contribution in [2.75, 3.05) is 26.2 Å². The van der Waals surface area contributed by atoms with Crippen molar-refractivity contribution in [2.24, 2.45) is 5.92 Å². The van der Waals surface area contributed by atoms with Crippen LogP contribution >= 0.6 is 0 Å². The molecule has 0 aromatic carbocycles. The van der Waals surface area contributed by atoms with Crippen LogP contribution < -0.4 is 10.0 Å². The summed E-state index contributed by atoms with van der Waals surface area (Å²) in [7, 11) is -4.02. The molecular weight excluding hydrogens is 295 g/mol. The molecule has 0 unspecified atom stereocenters. The Kier molecular flexibility index (Phi) is 4.93. The maximum atomic E-state index is 12.0. The molecule has 2 N–H and O–H groups in total. The predicted molar refractivity (Wildman–Crippen MR) is 68.3 cm³/mol. The van der Waals surface area contributed by atoms with E-state index in [1.807, 2.05) is 0 Å². The molecule has 0 aromatic heterocycles. The standard InChI is InChI=1S/C11H20F3N3O2S/c12-11(13,14)8-16-20(18,19)17-5-3-9(4-6-17)7-15-10-1-2-10/h9-10,15-16H,1-8H2. The van der Waals surface area contributed by atoms with Crippen LogP contribution in [-0.2, 0) is 10.2 Å². The number of nitrogens with one attached hydrogen (secondary N) is 2. The van der Waals surface area contributed by atoms with Gasteiger partial charge in [0, 0.05) is 19.1 Å². The van der Waals surface area contributed by atoms with Gasteiger partial charge < -0.3 is 5.32 Å². The molecule has 1 aliphatic heterocycles. The van der Waals surface area contributed by atoms with Crippen LogP contribution in [0.2, 0.25) is 0 Å². The molecule has 118 valence electrons. The maximum absolute atomic E-state index is 12.0. The topological polar surface area (TPSA) is 61.4 Å². The van der Waals surface area contributed by atoms with Crippen LogP contribution in [0.15, 0.2) is 0 Å². The van der Waals surface area contributed by atoms with Crippen molar-refractivity contribution < 1.29 is 21.6 Å². The van der Waals surface area contributed by atoms with Crippen LogP contribution in [0.4, 0.5) is 13.2 Å². The first-order valence-electron chi connectivity index (χ1n) is 6.81. The van der Waals surface area contributed by atoms with Crippen LogP contribution in [0.1, 0.15) is 25.7 Å². The summed E-state index contributed by atoms with van der Waals surface area (Å²) in [5.74, 6) is 0.407. The van der Waals surface area contributed by atoms with Gasteiger partial charge in [-0.15, -0.1) is 0 Å². The van der Waals surface area contributed by atoms with Gasteiger partial charge in [0.1, 0.15) is 6.54 Å². The molecule has 1 saturated carbocycles. The van der Waals surface area contributed by atoms with Crippen LogP contribution in [-0.4, -0.2) is 51.1 Å². The summed E-state index contributed by atoms with van der Waals surface area (Å²) in [6.07, 6.45) is -0.748. The molecule has 5 nitrogen and oxygen atoms in total. The van der Waals surface area contributed by atoms with Crippen molar-refractivity contribution >= 4 is 10.2 Å². The average Bonchev–Trinajstić information content (AvgIpc) is 3.18. The van der Waals surface area contributed by atoms with E-state index in [4.69, 9.17) is 0 Å². The Hall–Kier alpha value is -0.380. The zero-order valence-electron chi connectivity index (χ0n) is 11.1. The maximum Gasteiger partial charge on any atom is 0.402 e. The van der Waals surface area contributed by atoms with Crippen molar-refractivity contribution in [3.05, 3.63) is 0 Å². The van der Waals surface area contributed by atoms with Gasteiger partial charge in [0.25, 0.3) is 10.2 Å². The van der Waals surface area contributed by atoms with E-state index in [2.05, 4.69) is 5.32 Å². The molecule has 0 spiro atoms. The second kappa shape index (κ2) is 6.17. The van der Waals surface area contributed by atoms with E-state index in [1.54, 1.807) is 4.72 Å². The van der Waals surface area contributed by atoms with E-state index in [1.165, 1.54) is 12.8 Å². The Labute approximate surface area is 117 Å². The molecule has 0 atom stereocenters. The largest absolute Gasteiger partial charge is 0.402 e. The van der Waals surface area contributed by atoms with Crippen molar-refractivity contribution in [1.82, 2.24) is 14.3 Å². The van der Waals surface area contributed by atoms with Crippen molar-refractivity contribution in [2.45, 2.75) is 37.9 Å². The lowest BCUT2D eigenvalue weighted by molar-refractivity contribution is -0.121. The fraction of sp³-hybridized carbons (Fsp3) is 1.00. The minimum Gasteiger partial charge on any atom is -0.314 e. The van der Waals surface area contributed by atoms with Gasteiger partial charge in [-0.3, -0.25) is 0 Å². The predicted octanol–water partition coefficient (Wildman–Crippen LogP) is 0.847. The van der Waals surface area contributed by atoms with Gasteiger partial charge in [-0.25, -0.2) is 0 Å². The second-order valence-electron chi connectivity index (χ2n) is 5.47. The Morgan fingerprint density at radius 1 is 1.10 bits per heavy atom. The fourth-order valence-corrected chi connectivity index (χ4v) is 3.46. The molecule has 0 amide bonds. The molecule has 1 heterocycles. The highest BCUT2D eigenvalue weighted by Crippen LogP contribution is 2.22. The summed E-state index contributed by atoms with van der Waals surface area (Å²) in [4.78, 5) is 0. The molecule has 0 aromatic rings. The summed E-state index contributed by atoms with van der Waals surface area (Å²) < 4.78 is 62.3. The zero-order valence-corrected chi connectivity index (χ0v) is 11.9. The summed E-state index contributed by atoms with van der Waals surface area (Å²) in [6, 6.07) is 0.616. The van der Waals surface area contributed by atoms with E-state index in [0.29, 0.717) is 24.8 Å². The quantitative estimate of drug-likeness (QED) is 0.764. The Balaban J connectivity index is 1.73. The highest BCUT2D eigenvalue weighted by atomic mass is 32.2. The van der Waals surface area contributed by atoms with Gasteiger partial charge in [-0.1, -0.05) is 0 Å². The first kappa shape index (κ1) is 16.0. The van der Waals surface area contributed by atoms with Crippen molar-refractivity contribution in [3.8, 4) is 0 Å². The first-order valence-corrected chi connectivity index (χ1v) is 8.25. The Bertz CT molecular complexity index is 415. The minimum atomic E-state index is -4.53. The van der Waals surface area contributed by atoms with Gasteiger partial charge in [-0.05, 0) is 38.1 Å². The molecular formula is C11H20F3N3O2S. The highest BCUT2D eigenvalue weighted by molar-refractivity contribution is 7.87. The molecule has 0 radical (unpaired) electrons. The van der Waals surface area contributed by atoms with E-state index < -0.39 is 22.9 Å². The summed E-state index contributed by atoms with van der Waals surface area (Å²) in [5, 5.41) is 3.39. The summed E-state index contributed by atoms with van der Waals surface area (Å²) in [5.41, 5.74) is 0. The zero-order chi connectivity index (χ0) is 14.8. The Morgan fingerprint density at radius 2 is 1.70 bits per heavy atom. The Morgan fingerprint density at radius 3 is 2.20 bits per heavy atom. The number of hydrogen-bond donors (Lipinski definition) is 2.